The summed E-state index contributed by atoms with van der Waals surface area (Å²) in [5.41, 5.74) is 0.219. The predicted octanol–water partition coefficient (Wildman–Crippen LogP) is 4.42. The molecule has 0 unspecified atom stereocenters. The van der Waals surface area contributed by atoms with Crippen molar-refractivity contribution in [1.29, 1.82) is 0 Å². The molecule has 1 saturated heterocycles. The number of hydrogen-bond acceptors (Lipinski definition) is 10. The quantitative estimate of drug-likeness (QED) is 0.189. The van der Waals surface area contributed by atoms with Crippen LogP contribution >= 0.6 is 0 Å². The number of anilines is 1. The minimum absolute atomic E-state index is 0.0794. The molecule has 12 heteroatoms. The van der Waals surface area contributed by atoms with Crippen LogP contribution in [0.25, 0.3) is 0 Å². The molecule has 2 heterocycles. The van der Waals surface area contributed by atoms with Crippen LogP contribution in [0.5, 0.6) is 0 Å². The van der Waals surface area contributed by atoms with E-state index in [2.05, 4.69) is 47.5 Å². The maximum atomic E-state index is 13.6. The lowest BCUT2D eigenvalue weighted by Gasteiger charge is -2.61. The fourth-order valence-corrected chi connectivity index (χ4v) is 9.50. The number of carbonyl (C=O) groups excluding carboxylic acids is 2. The Hall–Kier alpha value is -3.64. The minimum Gasteiger partial charge on any atom is -0.460 e. The Kier molecular flexibility index (Phi) is 8.80. The molecule has 1 aromatic heterocycles. The summed E-state index contributed by atoms with van der Waals surface area (Å²) in [6.45, 7) is 16.1. The standard InChI is InChI=1S/C35H48N6O6/c1-6-33(4)19-29(34(5)23(2)11-13-35(24(3)32(33)44)14-12-28(42)31(34)35)47-30(43)22-40-21-25(36-37-40)20-38-15-17-39(18-16-38)26-7-9-27(10-8-26)41(45)46/h6-10,21,23-24,29,31-32,44H,1,11-20,22H2,2-5H3/t23-,24-,29+,31-,32-,33+,34-,35-/m0/s1. The number of aromatic nitrogens is 3. The number of aliphatic hydroxyl groups is 1. The van der Waals surface area contributed by atoms with Gasteiger partial charge in [-0.2, -0.15) is 0 Å². The van der Waals surface area contributed by atoms with Gasteiger partial charge < -0.3 is 14.7 Å². The number of piperazine rings is 1. The Morgan fingerprint density at radius 2 is 1.87 bits per heavy atom. The van der Waals surface area contributed by atoms with Gasteiger partial charge in [0.05, 0.1) is 22.9 Å². The Bertz CT molecular complexity index is 1520. The maximum Gasteiger partial charge on any atom is 0.328 e. The number of non-ortho nitro benzene ring substituents is 1. The monoisotopic (exact) mass is 648 g/mol. The number of Topliss-reactive ketones (excluding diaryl/α,β-unsaturated/α-hetero) is 1. The first-order valence-electron chi connectivity index (χ1n) is 17.0. The first-order chi connectivity index (χ1) is 22.3. The van der Waals surface area contributed by atoms with E-state index in [9.17, 15) is 24.8 Å². The second kappa shape index (κ2) is 12.4. The fourth-order valence-electron chi connectivity index (χ4n) is 9.50. The second-order valence-corrected chi connectivity index (χ2v) is 15.0. The average Bonchev–Trinajstić information content (AvgIpc) is 3.65. The third-order valence-electron chi connectivity index (χ3n) is 12.6. The normalized spacial score (nSPS) is 35.9. The van der Waals surface area contributed by atoms with Gasteiger partial charge in [0.2, 0.25) is 0 Å². The SMILES string of the molecule is C=C[C@]1(C)C[C@@H](OC(=O)Cn2cc(CN3CCN(c4ccc([N+](=O)[O-])cc4)CC3)nn2)[C@@]2(C)[C@@H]3C(=O)CC[C@@]3(CC[C@@H]2C)[C@@H](C)[C@@H]1O. The number of ether oxygens (including phenoxy) is 1. The van der Waals surface area contributed by atoms with Crippen molar-refractivity contribution < 1.29 is 24.4 Å². The van der Waals surface area contributed by atoms with Crippen molar-refractivity contribution in [1.82, 2.24) is 19.9 Å². The summed E-state index contributed by atoms with van der Waals surface area (Å²) in [6, 6.07) is 6.63. The molecule has 2 bridgehead atoms. The molecule has 47 heavy (non-hydrogen) atoms. The van der Waals surface area contributed by atoms with Gasteiger partial charge >= 0.3 is 5.97 Å². The number of nitro benzene ring substituents is 1. The van der Waals surface area contributed by atoms with Crippen LogP contribution in [0.4, 0.5) is 11.4 Å². The van der Waals surface area contributed by atoms with Crippen molar-refractivity contribution >= 4 is 23.1 Å². The number of nitro groups is 1. The predicted molar refractivity (Wildman–Crippen MR) is 175 cm³/mol. The zero-order chi connectivity index (χ0) is 33.7. The van der Waals surface area contributed by atoms with Crippen LogP contribution in [0.3, 0.4) is 0 Å². The van der Waals surface area contributed by atoms with E-state index in [0.717, 1.165) is 56.8 Å². The lowest BCUT2D eigenvalue weighted by Crippen LogP contribution is -2.63. The fraction of sp³-hybridized carbons (Fsp3) is 0.657. The number of benzene rings is 1. The van der Waals surface area contributed by atoms with E-state index in [1.165, 1.54) is 16.8 Å². The first-order valence-corrected chi connectivity index (χ1v) is 17.0. The number of esters is 1. The summed E-state index contributed by atoms with van der Waals surface area (Å²) >= 11 is 0. The van der Waals surface area contributed by atoms with E-state index in [-0.39, 0.29) is 41.2 Å². The smallest absolute Gasteiger partial charge is 0.328 e. The number of aliphatic hydroxyl groups excluding tert-OH is 1. The topological polar surface area (TPSA) is 144 Å². The molecule has 2 aromatic rings. The molecular formula is C35H48N6O6. The summed E-state index contributed by atoms with van der Waals surface area (Å²) in [6.07, 6.45) is 5.77. The number of carbonyl (C=O) groups is 2. The zero-order valence-corrected chi connectivity index (χ0v) is 28.0. The number of hydrogen-bond donors (Lipinski definition) is 1. The van der Waals surface area contributed by atoms with Gasteiger partial charge in [-0.25, -0.2) is 4.68 Å². The largest absolute Gasteiger partial charge is 0.460 e. The second-order valence-electron chi connectivity index (χ2n) is 15.0. The lowest BCUT2D eigenvalue weighted by atomic mass is 9.44. The van der Waals surface area contributed by atoms with E-state index in [1.807, 2.05) is 13.0 Å². The summed E-state index contributed by atoms with van der Waals surface area (Å²) in [5.74, 6) is -0.391. The molecule has 3 saturated carbocycles. The van der Waals surface area contributed by atoms with Crippen molar-refractivity contribution in [3.05, 3.63) is 58.9 Å². The van der Waals surface area contributed by atoms with Crippen LogP contribution in [0.15, 0.2) is 43.1 Å². The highest BCUT2D eigenvalue weighted by molar-refractivity contribution is 5.85. The molecular weight excluding hydrogens is 600 g/mol. The summed E-state index contributed by atoms with van der Waals surface area (Å²) in [4.78, 5) is 42.3. The van der Waals surface area contributed by atoms with Crippen molar-refractivity contribution in [2.75, 3.05) is 31.1 Å². The molecule has 254 valence electrons. The van der Waals surface area contributed by atoms with Crippen molar-refractivity contribution in [3.63, 3.8) is 0 Å². The van der Waals surface area contributed by atoms with E-state index < -0.39 is 33.9 Å². The van der Waals surface area contributed by atoms with Gasteiger partial charge in [-0.15, -0.1) is 11.7 Å². The Morgan fingerprint density at radius 3 is 2.53 bits per heavy atom. The molecule has 12 nitrogen and oxygen atoms in total. The van der Waals surface area contributed by atoms with Crippen LogP contribution < -0.4 is 4.90 Å². The molecule has 6 rings (SSSR count). The maximum absolute atomic E-state index is 13.6. The summed E-state index contributed by atoms with van der Waals surface area (Å²) in [5, 5.41) is 31.3. The van der Waals surface area contributed by atoms with Gasteiger partial charge in [-0.3, -0.25) is 24.6 Å². The van der Waals surface area contributed by atoms with Crippen molar-refractivity contribution in [2.24, 2.45) is 34.0 Å². The van der Waals surface area contributed by atoms with Crippen LogP contribution in [-0.4, -0.2) is 80.1 Å². The highest BCUT2D eigenvalue weighted by atomic mass is 16.6. The van der Waals surface area contributed by atoms with Crippen molar-refractivity contribution in [3.8, 4) is 0 Å². The minimum atomic E-state index is -0.707. The molecule has 0 spiro atoms. The molecule has 8 atom stereocenters. The molecule has 0 amide bonds. The average molecular weight is 649 g/mol. The van der Waals surface area contributed by atoms with Crippen LogP contribution in [-0.2, 0) is 27.4 Å². The summed E-state index contributed by atoms with van der Waals surface area (Å²) < 4.78 is 7.87. The molecule has 4 fully saturated rings. The van der Waals surface area contributed by atoms with Crippen LogP contribution in [0, 0.1) is 44.1 Å². The van der Waals surface area contributed by atoms with E-state index in [4.69, 9.17) is 4.74 Å². The Balaban J connectivity index is 1.12. The molecule has 0 radical (unpaired) electrons. The first kappa shape index (κ1) is 33.3. The van der Waals surface area contributed by atoms with Gasteiger partial charge in [0.1, 0.15) is 18.4 Å². The van der Waals surface area contributed by atoms with Gasteiger partial charge in [-0.1, -0.05) is 39.0 Å². The number of ketones is 1. The number of rotatable bonds is 8. The highest BCUT2D eigenvalue weighted by Gasteiger charge is 2.68. The van der Waals surface area contributed by atoms with Gasteiger partial charge in [-0.05, 0) is 55.1 Å². The highest BCUT2D eigenvalue weighted by Crippen LogP contribution is 2.68. The van der Waals surface area contributed by atoms with Gasteiger partial charge in [0.25, 0.3) is 5.69 Å². The zero-order valence-electron chi connectivity index (χ0n) is 28.0. The molecule has 3 aliphatic carbocycles. The van der Waals surface area contributed by atoms with E-state index in [1.54, 1.807) is 18.3 Å². The van der Waals surface area contributed by atoms with Gasteiger partial charge in [0, 0.05) is 73.7 Å². The Labute approximate surface area is 276 Å². The van der Waals surface area contributed by atoms with E-state index in [0.29, 0.717) is 19.4 Å². The third-order valence-corrected chi connectivity index (χ3v) is 12.6. The van der Waals surface area contributed by atoms with Crippen LogP contribution in [0.1, 0.15) is 65.5 Å². The molecule has 1 aliphatic heterocycles. The third kappa shape index (κ3) is 5.77. The lowest BCUT2D eigenvalue weighted by molar-refractivity contribution is -0.384. The molecule has 1 aromatic carbocycles. The molecule has 1 N–H and O–H groups in total. The van der Waals surface area contributed by atoms with E-state index >= 15 is 0 Å². The van der Waals surface area contributed by atoms with Gasteiger partial charge in [0.15, 0.2) is 0 Å². The summed E-state index contributed by atoms with van der Waals surface area (Å²) in [7, 11) is 0. The number of nitrogens with zero attached hydrogens (tertiary/aromatic N) is 6. The Morgan fingerprint density at radius 1 is 1.17 bits per heavy atom. The molecule has 4 aliphatic rings. The van der Waals surface area contributed by atoms with Crippen molar-refractivity contribution in [2.45, 2.75) is 85.1 Å². The van der Waals surface area contributed by atoms with Crippen LogP contribution in [0.2, 0.25) is 0 Å².